The van der Waals surface area contributed by atoms with Gasteiger partial charge >= 0.3 is 5.97 Å². The van der Waals surface area contributed by atoms with Crippen molar-refractivity contribution in [1.29, 1.82) is 0 Å². The zero-order valence-corrected chi connectivity index (χ0v) is 12.1. The Balaban J connectivity index is 1.89. The molecule has 0 saturated heterocycles. The number of rotatable bonds is 5. The predicted molar refractivity (Wildman–Crippen MR) is 77.3 cm³/mol. The molecule has 0 aromatic rings. The number of hydrogen-bond acceptors (Lipinski definition) is 2. The molecule has 2 rings (SSSR count). The minimum atomic E-state index is -0.748. The topological polar surface area (TPSA) is 66.4 Å². The van der Waals surface area contributed by atoms with Crippen LogP contribution in [0.1, 0.15) is 57.8 Å². The summed E-state index contributed by atoms with van der Waals surface area (Å²) in [4.78, 5) is 23.3. The summed E-state index contributed by atoms with van der Waals surface area (Å²) in [7, 11) is 0. The molecule has 1 amide bonds. The van der Waals surface area contributed by atoms with Crippen molar-refractivity contribution < 1.29 is 14.7 Å². The number of carbonyl (C=O) groups excluding carboxylic acids is 1. The molecule has 1 atom stereocenters. The number of carbonyl (C=O) groups is 2. The highest BCUT2D eigenvalue weighted by atomic mass is 16.4. The van der Waals surface area contributed by atoms with Gasteiger partial charge in [-0.15, -0.1) is 0 Å². The smallest absolute Gasteiger partial charge is 0.303 e. The molecule has 2 aliphatic carbocycles. The van der Waals surface area contributed by atoms with Gasteiger partial charge < -0.3 is 10.4 Å². The quantitative estimate of drug-likeness (QED) is 0.760. The van der Waals surface area contributed by atoms with Gasteiger partial charge in [-0.3, -0.25) is 9.59 Å². The predicted octanol–water partition coefficient (Wildman–Crippen LogP) is 2.88. The highest BCUT2D eigenvalue weighted by Crippen LogP contribution is 2.38. The van der Waals surface area contributed by atoms with Crippen LogP contribution in [0.3, 0.4) is 0 Å². The molecule has 0 heterocycles. The fraction of sp³-hybridized carbons (Fsp3) is 0.750. The summed E-state index contributed by atoms with van der Waals surface area (Å²) in [5.41, 5.74) is -0.218. The molecule has 20 heavy (non-hydrogen) atoms. The Morgan fingerprint density at radius 1 is 1.20 bits per heavy atom. The van der Waals surface area contributed by atoms with Crippen molar-refractivity contribution in [2.45, 2.75) is 57.8 Å². The molecule has 1 saturated carbocycles. The third kappa shape index (κ3) is 4.09. The van der Waals surface area contributed by atoms with Gasteiger partial charge in [0.1, 0.15) is 0 Å². The molecule has 2 N–H and O–H groups in total. The van der Waals surface area contributed by atoms with Crippen LogP contribution in [-0.2, 0) is 9.59 Å². The van der Waals surface area contributed by atoms with Crippen LogP contribution in [0.4, 0.5) is 0 Å². The van der Waals surface area contributed by atoms with Crippen molar-refractivity contribution in [2.24, 2.45) is 11.3 Å². The molecule has 0 radical (unpaired) electrons. The van der Waals surface area contributed by atoms with Crippen LogP contribution in [0.25, 0.3) is 0 Å². The number of hydrogen-bond donors (Lipinski definition) is 2. The summed E-state index contributed by atoms with van der Waals surface area (Å²) in [6.07, 6.45) is 12.3. The van der Waals surface area contributed by atoms with Crippen LogP contribution in [0, 0.1) is 11.3 Å². The van der Waals surface area contributed by atoms with E-state index in [1.165, 1.54) is 6.42 Å². The van der Waals surface area contributed by atoms with E-state index in [1.54, 1.807) is 0 Å². The molecular weight excluding hydrogens is 254 g/mol. The summed E-state index contributed by atoms with van der Waals surface area (Å²) >= 11 is 0. The molecule has 4 nitrogen and oxygen atoms in total. The van der Waals surface area contributed by atoms with E-state index in [0.29, 0.717) is 6.54 Å². The van der Waals surface area contributed by atoms with Crippen LogP contribution in [-0.4, -0.2) is 23.5 Å². The van der Waals surface area contributed by atoms with E-state index in [4.69, 9.17) is 5.11 Å². The average molecular weight is 279 g/mol. The zero-order chi connectivity index (χ0) is 14.4. The van der Waals surface area contributed by atoms with Gasteiger partial charge in [0.25, 0.3) is 0 Å². The van der Waals surface area contributed by atoms with Gasteiger partial charge in [0.15, 0.2) is 0 Å². The standard InChI is InChI=1S/C16H25NO3/c18-14(19)11-16(9-5-2-6-10-16)12-17-15(20)13-7-3-1-4-8-13/h1,3,13H,2,4-12H2,(H,17,20)(H,18,19). The average Bonchev–Trinajstić information content (AvgIpc) is 2.46. The highest BCUT2D eigenvalue weighted by Gasteiger charge is 2.35. The van der Waals surface area contributed by atoms with E-state index in [-0.39, 0.29) is 23.7 Å². The summed E-state index contributed by atoms with van der Waals surface area (Å²) < 4.78 is 0. The molecule has 2 aliphatic rings. The van der Waals surface area contributed by atoms with Gasteiger partial charge in [0, 0.05) is 12.5 Å². The second kappa shape index (κ2) is 6.91. The number of amides is 1. The lowest BCUT2D eigenvalue weighted by Crippen LogP contribution is -2.42. The minimum absolute atomic E-state index is 0.0745. The van der Waals surface area contributed by atoms with Crippen molar-refractivity contribution in [1.82, 2.24) is 5.32 Å². The number of carboxylic acid groups (broad SMARTS) is 1. The van der Waals surface area contributed by atoms with Gasteiger partial charge in [-0.25, -0.2) is 0 Å². The van der Waals surface area contributed by atoms with Crippen LogP contribution < -0.4 is 5.32 Å². The third-order valence-corrected chi connectivity index (χ3v) is 4.72. The summed E-state index contributed by atoms with van der Waals surface area (Å²) in [5, 5.41) is 12.2. The fourth-order valence-corrected chi connectivity index (χ4v) is 3.49. The maximum atomic E-state index is 12.2. The van der Waals surface area contributed by atoms with Crippen LogP contribution in [0.15, 0.2) is 12.2 Å². The van der Waals surface area contributed by atoms with E-state index < -0.39 is 5.97 Å². The molecule has 112 valence electrons. The van der Waals surface area contributed by atoms with Crippen LogP contribution in [0.2, 0.25) is 0 Å². The van der Waals surface area contributed by atoms with Crippen molar-refractivity contribution in [3.05, 3.63) is 12.2 Å². The molecule has 0 aliphatic heterocycles. The molecule has 0 spiro atoms. The highest BCUT2D eigenvalue weighted by molar-refractivity contribution is 5.79. The number of aliphatic carboxylic acids is 1. The van der Waals surface area contributed by atoms with E-state index >= 15 is 0 Å². The number of carboxylic acids is 1. The zero-order valence-electron chi connectivity index (χ0n) is 12.1. The first-order valence-electron chi connectivity index (χ1n) is 7.76. The molecule has 4 heteroatoms. The Labute approximate surface area is 120 Å². The van der Waals surface area contributed by atoms with Gasteiger partial charge in [-0.05, 0) is 37.5 Å². The lowest BCUT2D eigenvalue weighted by Gasteiger charge is -2.36. The van der Waals surface area contributed by atoms with Crippen molar-refractivity contribution in [2.75, 3.05) is 6.54 Å². The minimum Gasteiger partial charge on any atom is -0.481 e. The summed E-state index contributed by atoms with van der Waals surface area (Å²) in [6, 6.07) is 0. The fourth-order valence-electron chi connectivity index (χ4n) is 3.49. The Kier molecular flexibility index (Phi) is 5.21. The first-order valence-corrected chi connectivity index (χ1v) is 7.76. The Bertz CT molecular complexity index is 383. The van der Waals surface area contributed by atoms with Crippen LogP contribution >= 0.6 is 0 Å². The van der Waals surface area contributed by atoms with Crippen molar-refractivity contribution in [3.63, 3.8) is 0 Å². The van der Waals surface area contributed by atoms with E-state index in [9.17, 15) is 9.59 Å². The second-order valence-corrected chi connectivity index (χ2v) is 6.33. The lowest BCUT2D eigenvalue weighted by molar-refractivity contribution is -0.141. The largest absolute Gasteiger partial charge is 0.481 e. The second-order valence-electron chi connectivity index (χ2n) is 6.33. The first-order chi connectivity index (χ1) is 9.61. The van der Waals surface area contributed by atoms with Crippen molar-refractivity contribution >= 4 is 11.9 Å². The molecule has 1 fully saturated rings. The SMILES string of the molecule is O=C(O)CC1(CNC(=O)C2CC=CCC2)CCCCC1. The van der Waals surface area contributed by atoms with Gasteiger partial charge in [0.05, 0.1) is 6.42 Å². The van der Waals surface area contributed by atoms with Gasteiger partial charge in [0.2, 0.25) is 5.91 Å². The number of allylic oxidation sites excluding steroid dienone is 2. The molecule has 0 aromatic carbocycles. The summed E-state index contributed by atoms with van der Waals surface area (Å²) in [6.45, 7) is 0.526. The monoisotopic (exact) mass is 279 g/mol. The number of nitrogens with one attached hydrogen (secondary N) is 1. The Morgan fingerprint density at radius 3 is 2.55 bits per heavy atom. The molecule has 0 bridgehead atoms. The first kappa shape index (κ1) is 15.1. The van der Waals surface area contributed by atoms with E-state index in [0.717, 1.165) is 44.9 Å². The molecule has 1 unspecified atom stereocenters. The van der Waals surface area contributed by atoms with Crippen molar-refractivity contribution in [3.8, 4) is 0 Å². The van der Waals surface area contributed by atoms with Crippen LogP contribution in [0.5, 0.6) is 0 Å². The van der Waals surface area contributed by atoms with Gasteiger partial charge in [-0.2, -0.15) is 0 Å². The Hall–Kier alpha value is -1.32. The summed E-state index contributed by atoms with van der Waals surface area (Å²) in [5.74, 6) is -0.572. The maximum absolute atomic E-state index is 12.2. The van der Waals surface area contributed by atoms with Gasteiger partial charge in [-0.1, -0.05) is 31.4 Å². The molecule has 0 aromatic heterocycles. The molecular formula is C16H25NO3. The van der Waals surface area contributed by atoms with E-state index in [2.05, 4.69) is 17.5 Å². The Morgan fingerprint density at radius 2 is 1.95 bits per heavy atom. The lowest BCUT2D eigenvalue weighted by atomic mass is 9.71. The normalized spacial score (nSPS) is 25.1. The third-order valence-electron chi connectivity index (χ3n) is 4.72. The van der Waals surface area contributed by atoms with E-state index in [1.807, 2.05) is 0 Å². The maximum Gasteiger partial charge on any atom is 0.303 e.